The molecule has 2 rings (SSSR count). The molecule has 0 unspecified atom stereocenters. The normalized spacial score (nSPS) is 10.4. The Hall–Kier alpha value is -1.61. The highest BCUT2D eigenvalue weighted by Crippen LogP contribution is 2.22. The van der Waals surface area contributed by atoms with E-state index in [1.165, 1.54) is 0 Å². The standard InChI is InChI=1S/C14H16ClN3/c1-3-18(13-7-5-4-6-8-13)14-16-10-12(9-15)11(2)17-14/h4-8,10H,3,9H2,1-2H3. The van der Waals surface area contributed by atoms with Crippen LogP contribution in [-0.2, 0) is 5.88 Å². The molecule has 0 N–H and O–H groups in total. The van der Waals surface area contributed by atoms with E-state index in [9.17, 15) is 0 Å². The Labute approximate surface area is 112 Å². The van der Waals surface area contributed by atoms with Gasteiger partial charge in [-0.3, -0.25) is 0 Å². The molecular formula is C14H16ClN3. The van der Waals surface area contributed by atoms with Crippen LogP contribution < -0.4 is 4.90 Å². The number of aryl methyl sites for hydroxylation is 1. The molecule has 0 spiro atoms. The molecular weight excluding hydrogens is 246 g/mol. The van der Waals surface area contributed by atoms with E-state index in [2.05, 4.69) is 33.9 Å². The lowest BCUT2D eigenvalue weighted by Gasteiger charge is -2.21. The summed E-state index contributed by atoms with van der Waals surface area (Å²) in [6, 6.07) is 10.1. The molecule has 94 valence electrons. The van der Waals surface area contributed by atoms with Crippen molar-refractivity contribution in [3.05, 3.63) is 47.8 Å². The summed E-state index contributed by atoms with van der Waals surface area (Å²) in [5, 5.41) is 0. The first-order chi connectivity index (χ1) is 8.76. The van der Waals surface area contributed by atoms with Crippen molar-refractivity contribution in [3.63, 3.8) is 0 Å². The van der Waals surface area contributed by atoms with Crippen molar-refractivity contribution in [2.45, 2.75) is 19.7 Å². The zero-order chi connectivity index (χ0) is 13.0. The number of nitrogens with zero attached hydrogens (tertiary/aromatic N) is 3. The topological polar surface area (TPSA) is 29.0 Å². The molecule has 0 amide bonds. The number of rotatable bonds is 4. The molecule has 0 saturated carbocycles. The Morgan fingerprint density at radius 1 is 1.22 bits per heavy atom. The van der Waals surface area contributed by atoms with Crippen LogP contribution in [-0.4, -0.2) is 16.5 Å². The smallest absolute Gasteiger partial charge is 0.230 e. The van der Waals surface area contributed by atoms with Gasteiger partial charge in [0.25, 0.3) is 0 Å². The van der Waals surface area contributed by atoms with Crippen molar-refractivity contribution >= 4 is 23.2 Å². The summed E-state index contributed by atoms with van der Waals surface area (Å²) in [6.45, 7) is 4.87. The van der Waals surface area contributed by atoms with Gasteiger partial charge in [-0.05, 0) is 26.0 Å². The number of alkyl halides is 1. The maximum atomic E-state index is 5.82. The van der Waals surface area contributed by atoms with Crippen LogP contribution in [0.1, 0.15) is 18.2 Å². The molecule has 0 radical (unpaired) electrons. The summed E-state index contributed by atoms with van der Waals surface area (Å²) in [7, 11) is 0. The molecule has 3 nitrogen and oxygen atoms in total. The van der Waals surface area contributed by atoms with Crippen LogP contribution in [0, 0.1) is 6.92 Å². The lowest BCUT2D eigenvalue weighted by atomic mass is 10.2. The number of hydrogen-bond donors (Lipinski definition) is 0. The third-order valence-electron chi connectivity index (χ3n) is 2.84. The average molecular weight is 262 g/mol. The molecule has 2 aromatic rings. The van der Waals surface area contributed by atoms with Gasteiger partial charge < -0.3 is 4.90 Å². The third-order valence-corrected chi connectivity index (χ3v) is 3.13. The summed E-state index contributed by atoms with van der Waals surface area (Å²) in [6.07, 6.45) is 1.80. The van der Waals surface area contributed by atoms with Crippen LogP contribution in [0.3, 0.4) is 0 Å². The Bertz CT molecular complexity index is 514. The predicted molar refractivity (Wildman–Crippen MR) is 75.4 cm³/mol. The second-order valence-corrected chi connectivity index (χ2v) is 4.26. The SMILES string of the molecule is CCN(c1ccccc1)c1ncc(CCl)c(C)n1. The van der Waals surface area contributed by atoms with Gasteiger partial charge in [-0.1, -0.05) is 18.2 Å². The molecule has 1 aromatic heterocycles. The minimum absolute atomic E-state index is 0.448. The fraction of sp³-hybridized carbons (Fsp3) is 0.286. The second kappa shape index (κ2) is 5.83. The summed E-state index contributed by atoms with van der Waals surface area (Å²) in [5.74, 6) is 1.17. The van der Waals surface area contributed by atoms with Gasteiger partial charge in [0.15, 0.2) is 0 Å². The van der Waals surface area contributed by atoms with E-state index in [1.807, 2.05) is 25.1 Å². The van der Waals surface area contributed by atoms with E-state index < -0.39 is 0 Å². The van der Waals surface area contributed by atoms with Gasteiger partial charge in [0.05, 0.1) is 5.88 Å². The number of hydrogen-bond acceptors (Lipinski definition) is 3. The summed E-state index contributed by atoms with van der Waals surface area (Å²) < 4.78 is 0. The van der Waals surface area contributed by atoms with Crippen LogP contribution >= 0.6 is 11.6 Å². The molecule has 18 heavy (non-hydrogen) atoms. The Morgan fingerprint density at radius 2 is 1.94 bits per heavy atom. The van der Waals surface area contributed by atoms with Gasteiger partial charge >= 0.3 is 0 Å². The second-order valence-electron chi connectivity index (χ2n) is 3.99. The van der Waals surface area contributed by atoms with Crippen molar-refractivity contribution in [2.75, 3.05) is 11.4 Å². The first-order valence-corrected chi connectivity index (χ1v) is 6.50. The van der Waals surface area contributed by atoms with Crippen molar-refractivity contribution in [1.29, 1.82) is 0 Å². The zero-order valence-corrected chi connectivity index (χ0v) is 11.4. The molecule has 0 fully saturated rings. The van der Waals surface area contributed by atoms with E-state index in [4.69, 9.17) is 11.6 Å². The van der Waals surface area contributed by atoms with Gasteiger partial charge in [0, 0.05) is 29.7 Å². The molecule has 0 aliphatic heterocycles. The van der Waals surface area contributed by atoms with Crippen molar-refractivity contribution < 1.29 is 0 Å². The monoisotopic (exact) mass is 261 g/mol. The zero-order valence-electron chi connectivity index (χ0n) is 10.6. The first-order valence-electron chi connectivity index (χ1n) is 5.97. The highest BCUT2D eigenvalue weighted by atomic mass is 35.5. The van der Waals surface area contributed by atoms with Gasteiger partial charge in [-0.25, -0.2) is 9.97 Å². The van der Waals surface area contributed by atoms with Gasteiger partial charge in [-0.15, -0.1) is 11.6 Å². The maximum Gasteiger partial charge on any atom is 0.230 e. The fourth-order valence-electron chi connectivity index (χ4n) is 1.79. The third kappa shape index (κ3) is 2.62. The number of para-hydroxylation sites is 1. The molecule has 0 atom stereocenters. The van der Waals surface area contributed by atoms with Crippen LogP contribution in [0.4, 0.5) is 11.6 Å². The van der Waals surface area contributed by atoms with E-state index in [0.29, 0.717) is 5.88 Å². The average Bonchev–Trinajstić information content (AvgIpc) is 2.41. The quantitative estimate of drug-likeness (QED) is 0.786. The summed E-state index contributed by atoms with van der Waals surface area (Å²) in [5.41, 5.74) is 3.01. The summed E-state index contributed by atoms with van der Waals surface area (Å²) >= 11 is 5.82. The highest BCUT2D eigenvalue weighted by molar-refractivity contribution is 6.17. The van der Waals surface area contributed by atoms with Crippen molar-refractivity contribution in [1.82, 2.24) is 9.97 Å². The Kier molecular flexibility index (Phi) is 4.15. The van der Waals surface area contributed by atoms with Gasteiger partial charge in [0.1, 0.15) is 0 Å². The van der Waals surface area contributed by atoms with Crippen LogP contribution in [0.15, 0.2) is 36.5 Å². The molecule has 0 bridgehead atoms. The molecule has 0 aliphatic rings. The van der Waals surface area contributed by atoms with Gasteiger partial charge in [-0.2, -0.15) is 0 Å². The minimum atomic E-state index is 0.448. The lowest BCUT2D eigenvalue weighted by molar-refractivity contribution is 0.923. The molecule has 4 heteroatoms. The van der Waals surface area contributed by atoms with E-state index in [-0.39, 0.29) is 0 Å². The number of benzene rings is 1. The van der Waals surface area contributed by atoms with E-state index >= 15 is 0 Å². The molecule has 0 saturated heterocycles. The predicted octanol–water partition coefficient (Wildman–Crippen LogP) is 3.68. The van der Waals surface area contributed by atoms with Crippen LogP contribution in [0.25, 0.3) is 0 Å². The largest absolute Gasteiger partial charge is 0.311 e. The van der Waals surface area contributed by atoms with Crippen molar-refractivity contribution in [2.24, 2.45) is 0 Å². The van der Waals surface area contributed by atoms with Crippen molar-refractivity contribution in [3.8, 4) is 0 Å². The molecule has 1 heterocycles. The Morgan fingerprint density at radius 3 is 2.50 bits per heavy atom. The lowest BCUT2D eigenvalue weighted by Crippen LogP contribution is -2.19. The highest BCUT2D eigenvalue weighted by Gasteiger charge is 2.11. The fourth-order valence-corrected chi connectivity index (χ4v) is 2.05. The Balaban J connectivity index is 2.37. The van der Waals surface area contributed by atoms with E-state index in [1.54, 1.807) is 6.20 Å². The maximum absolute atomic E-state index is 5.82. The number of halogens is 1. The number of anilines is 2. The van der Waals surface area contributed by atoms with Crippen LogP contribution in [0.5, 0.6) is 0 Å². The van der Waals surface area contributed by atoms with Crippen LogP contribution in [0.2, 0.25) is 0 Å². The molecule has 1 aromatic carbocycles. The minimum Gasteiger partial charge on any atom is -0.311 e. The van der Waals surface area contributed by atoms with Gasteiger partial charge in [0.2, 0.25) is 5.95 Å². The first kappa shape index (κ1) is 12.8. The number of aromatic nitrogens is 2. The molecule has 0 aliphatic carbocycles. The van der Waals surface area contributed by atoms with E-state index in [0.717, 1.165) is 29.4 Å². The summed E-state index contributed by atoms with van der Waals surface area (Å²) in [4.78, 5) is 11.0.